The van der Waals surface area contributed by atoms with Gasteiger partial charge in [-0.2, -0.15) is 0 Å². The summed E-state index contributed by atoms with van der Waals surface area (Å²) in [5.74, 6) is 0.0817. The number of nitrogen functional groups attached to an aromatic ring is 1. The molecule has 1 aromatic carbocycles. The molecule has 0 aliphatic carbocycles. The van der Waals surface area contributed by atoms with Gasteiger partial charge in [0.1, 0.15) is 0 Å². The van der Waals surface area contributed by atoms with Gasteiger partial charge in [0.25, 0.3) is 0 Å². The van der Waals surface area contributed by atoms with Gasteiger partial charge in [-0.25, -0.2) is 13.1 Å². The van der Waals surface area contributed by atoms with Gasteiger partial charge in [0, 0.05) is 31.3 Å². The van der Waals surface area contributed by atoms with E-state index in [0.717, 1.165) is 6.26 Å². The van der Waals surface area contributed by atoms with E-state index in [1.165, 1.54) is 6.07 Å². The molecular weight excluding hydrogens is 346 g/mol. The third kappa shape index (κ3) is 3.98. The topological polar surface area (TPSA) is 128 Å². The molecule has 0 saturated heterocycles. The number of nitrogens with two attached hydrogens (primary N) is 1. The maximum atomic E-state index is 11.7. The summed E-state index contributed by atoms with van der Waals surface area (Å²) >= 11 is 0. The van der Waals surface area contributed by atoms with Gasteiger partial charge in [-0.1, -0.05) is 0 Å². The fraction of sp³-hybridized carbons (Fsp3) is 0.500. The van der Waals surface area contributed by atoms with E-state index in [1.807, 2.05) is 6.92 Å². The van der Waals surface area contributed by atoms with E-state index >= 15 is 0 Å². The molecular formula is C12H19N3O6S2. The minimum Gasteiger partial charge on any atom is -0.395 e. The smallest absolute Gasteiger partial charge is 0.395 e. The summed E-state index contributed by atoms with van der Waals surface area (Å²) in [5.41, 5.74) is 6.96. The van der Waals surface area contributed by atoms with Crippen molar-refractivity contribution >= 4 is 31.8 Å². The Labute approximate surface area is 135 Å². The number of likely N-dealkylation sites (N-methyl/N-ethyl adjacent to an activating group) is 1. The number of rotatable bonds is 6. The minimum atomic E-state index is -4.23. The van der Waals surface area contributed by atoms with Crippen LogP contribution >= 0.6 is 0 Å². The minimum absolute atomic E-state index is 0.00623. The Morgan fingerprint density at radius 3 is 2.57 bits per heavy atom. The average molecular weight is 365 g/mol. The number of anilines is 2. The third-order valence-corrected chi connectivity index (χ3v) is 4.84. The van der Waals surface area contributed by atoms with Crippen LogP contribution in [0.25, 0.3) is 0 Å². The van der Waals surface area contributed by atoms with Crippen LogP contribution in [0.4, 0.5) is 11.4 Å². The van der Waals surface area contributed by atoms with Gasteiger partial charge in [0.05, 0.1) is 17.6 Å². The van der Waals surface area contributed by atoms with Crippen LogP contribution in [0.1, 0.15) is 12.5 Å². The lowest BCUT2D eigenvalue weighted by Gasteiger charge is -2.25. The first-order chi connectivity index (χ1) is 10.5. The van der Waals surface area contributed by atoms with Crippen LogP contribution < -0.4 is 23.7 Å². The molecule has 2 aliphatic heterocycles. The Hall–Kier alpha value is -1.72. The highest BCUT2D eigenvalue weighted by atomic mass is 32.3. The first-order valence-electron chi connectivity index (χ1n) is 6.80. The second-order valence-electron chi connectivity index (χ2n) is 5.08. The van der Waals surface area contributed by atoms with Crippen molar-refractivity contribution < 1.29 is 25.2 Å². The van der Waals surface area contributed by atoms with E-state index in [2.05, 4.69) is 4.72 Å². The summed E-state index contributed by atoms with van der Waals surface area (Å²) in [4.78, 5) is 1.77. The molecule has 0 radical (unpaired) electrons. The first kappa shape index (κ1) is 17.6. The lowest BCUT2D eigenvalue weighted by atomic mass is 10.1. The number of nitrogens with zero attached hydrogens (tertiary/aromatic N) is 1. The van der Waals surface area contributed by atoms with Crippen molar-refractivity contribution in [2.45, 2.75) is 13.8 Å². The van der Waals surface area contributed by atoms with E-state index in [9.17, 15) is 16.8 Å². The summed E-state index contributed by atoms with van der Waals surface area (Å²) in [6, 6.07) is 1.48. The molecule has 23 heavy (non-hydrogen) atoms. The highest BCUT2D eigenvalue weighted by Gasteiger charge is 2.31. The zero-order valence-electron chi connectivity index (χ0n) is 13.0. The second kappa shape index (κ2) is 6.06. The molecule has 0 fully saturated rings. The molecule has 0 amide bonds. The van der Waals surface area contributed by atoms with Crippen molar-refractivity contribution in [2.75, 3.05) is 36.5 Å². The highest BCUT2D eigenvalue weighted by molar-refractivity contribution is 7.88. The molecule has 2 bridgehead atoms. The summed E-state index contributed by atoms with van der Waals surface area (Å²) < 4.78 is 57.9. The molecule has 0 spiro atoms. The lowest BCUT2D eigenvalue weighted by Crippen LogP contribution is -2.34. The molecule has 11 heteroatoms. The van der Waals surface area contributed by atoms with Gasteiger partial charge in [0.15, 0.2) is 11.5 Å². The van der Waals surface area contributed by atoms with Gasteiger partial charge < -0.3 is 19.0 Å². The Kier molecular flexibility index (Phi) is 4.64. The van der Waals surface area contributed by atoms with Crippen molar-refractivity contribution in [3.05, 3.63) is 11.6 Å². The monoisotopic (exact) mass is 365 g/mol. The molecule has 1 aromatic rings. The summed E-state index contributed by atoms with van der Waals surface area (Å²) in [5, 5.41) is 0. The van der Waals surface area contributed by atoms with E-state index in [4.69, 9.17) is 14.1 Å². The molecule has 2 aliphatic rings. The molecule has 2 heterocycles. The van der Waals surface area contributed by atoms with Crippen LogP contribution in [-0.2, 0) is 20.4 Å². The Morgan fingerprint density at radius 1 is 1.35 bits per heavy atom. The number of sulfonamides is 1. The van der Waals surface area contributed by atoms with Gasteiger partial charge in [-0.05, 0) is 13.8 Å². The molecule has 130 valence electrons. The quantitative estimate of drug-likeness (QED) is 0.673. The molecule has 0 unspecified atom stereocenters. The Morgan fingerprint density at radius 2 is 2.00 bits per heavy atom. The van der Waals surface area contributed by atoms with Crippen LogP contribution in [-0.4, -0.2) is 42.7 Å². The highest BCUT2D eigenvalue weighted by Crippen LogP contribution is 2.45. The SMILES string of the molecule is CCN(CCNS(C)(=O)=O)c1cc2c(N)c(C)c1OS(=O)(=O)O2. The van der Waals surface area contributed by atoms with Crippen LogP contribution in [0, 0.1) is 6.92 Å². The fourth-order valence-electron chi connectivity index (χ4n) is 2.22. The van der Waals surface area contributed by atoms with Gasteiger partial charge in [-0.15, -0.1) is 8.42 Å². The Bertz CT molecular complexity index is 820. The molecule has 3 rings (SSSR count). The molecule has 0 atom stereocenters. The zero-order chi connectivity index (χ0) is 17.4. The number of fused-ring (bicyclic) bond motifs is 4. The maximum Gasteiger partial charge on any atom is 0.501 e. The predicted molar refractivity (Wildman–Crippen MR) is 86.5 cm³/mol. The summed E-state index contributed by atoms with van der Waals surface area (Å²) in [7, 11) is -7.53. The lowest BCUT2D eigenvalue weighted by molar-refractivity contribution is 0.400. The van der Waals surface area contributed by atoms with Gasteiger partial charge in [0.2, 0.25) is 10.0 Å². The predicted octanol–water partition coefficient (Wildman–Crippen LogP) is -0.0313. The van der Waals surface area contributed by atoms with E-state index < -0.39 is 20.4 Å². The van der Waals surface area contributed by atoms with E-state index in [0.29, 0.717) is 24.3 Å². The third-order valence-electron chi connectivity index (χ3n) is 3.36. The summed E-state index contributed by atoms with van der Waals surface area (Å²) in [6.07, 6.45) is 1.07. The van der Waals surface area contributed by atoms with E-state index in [-0.39, 0.29) is 23.7 Å². The fourth-order valence-corrected chi connectivity index (χ4v) is 3.49. The maximum absolute atomic E-state index is 11.7. The van der Waals surface area contributed by atoms with Crippen molar-refractivity contribution in [3.63, 3.8) is 0 Å². The number of hydrogen-bond acceptors (Lipinski definition) is 8. The van der Waals surface area contributed by atoms with Gasteiger partial charge in [-0.3, -0.25) is 0 Å². The van der Waals surface area contributed by atoms with Crippen LogP contribution in [0.2, 0.25) is 0 Å². The molecule has 9 nitrogen and oxygen atoms in total. The first-order valence-corrected chi connectivity index (χ1v) is 10.0. The summed E-state index contributed by atoms with van der Waals surface area (Å²) in [6.45, 7) is 4.47. The van der Waals surface area contributed by atoms with Crippen molar-refractivity contribution in [2.24, 2.45) is 0 Å². The normalized spacial score (nSPS) is 15.6. The van der Waals surface area contributed by atoms with Crippen LogP contribution in [0.5, 0.6) is 11.5 Å². The van der Waals surface area contributed by atoms with Crippen LogP contribution in [0.15, 0.2) is 6.07 Å². The standard InChI is InChI=1S/C12H19N3O6S2/c1-4-15(6-5-14-22(3,16)17)9-7-10-11(13)8(2)12(9)21-23(18,19)20-10/h7,14H,4-6,13H2,1-3H3. The number of nitrogens with one attached hydrogen (secondary N) is 1. The second-order valence-corrected chi connectivity index (χ2v) is 8.07. The largest absolute Gasteiger partial charge is 0.501 e. The Balaban J connectivity index is 2.37. The number of hydrogen-bond donors (Lipinski definition) is 2. The zero-order valence-corrected chi connectivity index (χ0v) is 14.6. The average Bonchev–Trinajstić information content (AvgIpc) is 2.60. The molecule has 0 aromatic heterocycles. The van der Waals surface area contributed by atoms with Crippen molar-refractivity contribution in [1.82, 2.24) is 4.72 Å². The van der Waals surface area contributed by atoms with Crippen molar-refractivity contribution in [3.8, 4) is 11.5 Å². The van der Waals surface area contributed by atoms with Gasteiger partial charge >= 0.3 is 10.4 Å². The van der Waals surface area contributed by atoms with Crippen LogP contribution in [0.3, 0.4) is 0 Å². The van der Waals surface area contributed by atoms with Crippen molar-refractivity contribution in [1.29, 1.82) is 0 Å². The van der Waals surface area contributed by atoms with E-state index in [1.54, 1.807) is 11.8 Å². The molecule has 0 saturated carbocycles. The molecule has 3 N–H and O–H groups in total. The number of benzene rings is 1.